The zero-order valence-corrected chi connectivity index (χ0v) is 12.5. The van der Waals surface area contributed by atoms with Crippen molar-refractivity contribution < 1.29 is 9.53 Å². The Balaban J connectivity index is 2.23. The summed E-state index contributed by atoms with van der Waals surface area (Å²) in [6.45, 7) is 8.98. The highest BCUT2D eigenvalue weighted by atomic mass is 16.6. The maximum absolute atomic E-state index is 11.5. The molecule has 5 nitrogen and oxygen atoms in total. The van der Waals surface area contributed by atoms with E-state index < -0.39 is 5.60 Å². The van der Waals surface area contributed by atoms with Crippen LogP contribution >= 0.6 is 0 Å². The van der Waals surface area contributed by atoms with Crippen molar-refractivity contribution >= 4 is 6.09 Å². The Morgan fingerprint density at radius 1 is 1.47 bits per heavy atom. The molecule has 0 aromatic carbocycles. The van der Waals surface area contributed by atoms with Gasteiger partial charge in [0.25, 0.3) is 0 Å². The third-order valence-electron chi connectivity index (χ3n) is 2.57. The van der Waals surface area contributed by atoms with Gasteiger partial charge in [-0.15, -0.1) is 0 Å². The van der Waals surface area contributed by atoms with Crippen molar-refractivity contribution in [3.63, 3.8) is 0 Å². The summed E-state index contributed by atoms with van der Waals surface area (Å²) < 4.78 is 7.27. The molecule has 0 aliphatic rings. The molecule has 0 aliphatic carbocycles. The largest absolute Gasteiger partial charge is 0.444 e. The zero-order valence-electron chi connectivity index (χ0n) is 12.5. The molecule has 0 radical (unpaired) electrons. The molecule has 1 atom stereocenters. The van der Waals surface area contributed by atoms with E-state index in [0.717, 1.165) is 6.54 Å². The summed E-state index contributed by atoms with van der Waals surface area (Å²) in [6.07, 6.45) is 1.64. The van der Waals surface area contributed by atoms with Crippen molar-refractivity contribution in [2.75, 3.05) is 6.54 Å². The molecule has 5 heteroatoms. The maximum atomic E-state index is 11.5. The van der Waals surface area contributed by atoms with Crippen LogP contribution in [0, 0.1) is 0 Å². The summed E-state index contributed by atoms with van der Waals surface area (Å²) in [6, 6.07) is 4.10. The minimum Gasteiger partial charge on any atom is -0.444 e. The summed E-state index contributed by atoms with van der Waals surface area (Å²) in [5.41, 5.74) is 0.754. The second-order valence-electron chi connectivity index (χ2n) is 5.79. The van der Waals surface area contributed by atoms with E-state index in [1.165, 1.54) is 5.69 Å². The summed E-state index contributed by atoms with van der Waals surface area (Å²) in [5, 5.41) is 6.11. The third kappa shape index (κ3) is 6.29. The first-order valence-electron chi connectivity index (χ1n) is 6.58. The van der Waals surface area contributed by atoms with Gasteiger partial charge in [-0.1, -0.05) is 0 Å². The van der Waals surface area contributed by atoms with Crippen LogP contribution in [0.3, 0.4) is 0 Å². The molecular weight excluding hydrogens is 242 g/mol. The van der Waals surface area contributed by atoms with Gasteiger partial charge in [-0.3, -0.25) is 0 Å². The Morgan fingerprint density at radius 2 is 2.16 bits per heavy atom. The average Bonchev–Trinajstić information content (AvgIpc) is 2.61. The van der Waals surface area contributed by atoms with Crippen LogP contribution in [0.25, 0.3) is 0 Å². The zero-order chi connectivity index (χ0) is 14.5. The molecule has 0 bridgehead atoms. The molecule has 0 saturated heterocycles. The molecule has 19 heavy (non-hydrogen) atoms. The van der Waals surface area contributed by atoms with Gasteiger partial charge in [0.2, 0.25) is 0 Å². The van der Waals surface area contributed by atoms with E-state index in [0.29, 0.717) is 6.54 Å². The topological polar surface area (TPSA) is 55.3 Å². The highest BCUT2D eigenvalue weighted by molar-refractivity contribution is 5.68. The number of alkyl carbamates (subject to hydrolysis) is 1. The second-order valence-corrected chi connectivity index (χ2v) is 5.79. The Kier molecular flexibility index (Phi) is 5.42. The van der Waals surface area contributed by atoms with Crippen LogP contribution in [-0.4, -0.2) is 28.8 Å². The van der Waals surface area contributed by atoms with E-state index in [2.05, 4.69) is 21.3 Å². The number of carbonyl (C=O) groups is 1. The van der Waals surface area contributed by atoms with Crippen molar-refractivity contribution in [3.05, 3.63) is 24.0 Å². The van der Waals surface area contributed by atoms with Gasteiger partial charge >= 0.3 is 6.09 Å². The molecule has 0 saturated carbocycles. The van der Waals surface area contributed by atoms with Crippen LogP contribution < -0.4 is 10.6 Å². The highest BCUT2D eigenvalue weighted by Crippen LogP contribution is 2.06. The van der Waals surface area contributed by atoms with Gasteiger partial charge in [-0.05, 0) is 39.8 Å². The summed E-state index contributed by atoms with van der Waals surface area (Å²) in [7, 11) is 2.01. The Morgan fingerprint density at radius 3 is 2.68 bits per heavy atom. The molecule has 1 aromatic rings. The number of nitrogens with one attached hydrogen (secondary N) is 2. The van der Waals surface area contributed by atoms with Crippen LogP contribution in [0.2, 0.25) is 0 Å². The number of aryl methyl sites for hydroxylation is 1. The van der Waals surface area contributed by atoms with Gasteiger partial charge < -0.3 is 19.9 Å². The lowest BCUT2D eigenvalue weighted by molar-refractivity contribution is 0.0508. The molecule has 0 aliphatic heterocycles. The Hall–Kier alpha value is -1.49. The van der Waals surface area contributed by atoms with Gasteiger partial charge in [0, 0.05) is 38.1 Å². The fourth-order valence-electron chi connectivity index (χ4n) is 1.66. The highest BCUT2D eigenvalue weighted by Gasteiger charge is 2.17. The number of ether oxygens (including phenoxy) is 1. The lowest BCUT2D eigenvalue weighted by Crippen LogP contribution is -2.42. The number of amides is 1. The first-order chi connectivity index (χ1) is 8.78. The standard InChI is InChI=1S/C14H25N3O2/c1-11(16-13(18)19-14(2,3)4)9-15-10-12-7-6-8-17(12)5/h6-8,11,15H,9-10H2,1-5H3,(H,16,18). The van der Waals surface area contributed by atoms with Crippen molar-refractivity contribution in [1.82, 2.24) is 15.2 Å². The van der Waals surface area contributed by atoms with Crippen molar-refractivity contribution in [2.24, 2.45) is 7.05 Å². The predicted molar refractivity (Wildman–Crippen MR) is 76.0 cm³/mol. The number of carbonyl (C=O) groups excluding carboxylic acids is 1. The van der Waals surface area contributed by atoms with Crippen LogP contribution in [0.4, 0.5) is 4.79 Å². The van der Waals surface area contributed by atoms with E-state index in [1.54, 1.807) is 0 Å². The molecule has 108 valence electrons. The first kappa shape index (κ1) is 15.6. The van der Waals surface area contributed by atoms with Gasteiger partial charge in [-0.2, -0.15) is 0 Å². The normalized spacial score (nSPS) is 13.1. The molecular formula is C14H25N3O2. The van der Waals surface area contributed by atoms with E-state index in [4.69, 9.17) is 4.74 Å². The molecule has 1 aromatic heterocycles. The molecule has 0 fully saturated rings. The molecule has 1 unspecified atom stereocenters. The van der Waals surface area contributed by atoms with Crippen LogP contribution in [0.5, 0.6) is 0 Å². The minimum absolute atomic E-state index is 0.0233. The summed E-state index contributed by atoms with van der Waals surface area (Å²) in [5.74, 6) is 0. The van der Waals surface area contributed by atoms with Gasteiger partial charge in [0.15, 0.2) is 0 Å². The molecule has 2 N–H and O–H groups in total. The van der Waals surface area contributed by atoms with Crippen LogP contribution in [0.1, 0.15) is 33.4 Å². The monoisotopic (exact) mass is 267 g/mol. The van der Waals surface area contributed by atoms with Crippen LogP contribution in [-0.2, 0) is 18.3 Å². The quantitative estimate of drug-likeness (QED) is 0.858. The predicted octanol–water partition coefficient (Wildman–Crippen LogP) is 2.03. The number of hydrogen-bond acceptors (Lipinski definition) is 3. The fraction of sp³-hybridized carbons (Fsp3) is 0.643. The number of rotatable bonds is 5. The Labute approximate surface area is 115 Å². The summed E-state index contributed by atoms with van der Waals surface area (Å²) >= 11 is 0. The van der Waals surface area contributed by atoms with E-state index in [-0.39, 0.29) is 12.1 Å². The van der Waals surface area contributed by atoms with Crippen molar-refractivity contribution in [1.29, 1.82) is 0 Å². The van der Waals surface area contributed by atoms with Gasteiger partial charge in [-0.25, -0.2) is 4.79 Å². The SMILES string of the molecule is CC(CNCc1cccn1C)NC(=O)OC(C)(C)C. The molecule has 0 spiro atoms. The fourth-order valence-corrected chi connectivity index (χ4v) is 1.66. The second kappa shape index (κ2) is 6.61. The van der Waals surface area contributed by atoms with Gasteiger partial charge in [0.1, 0.15) is 5.60 Å². The smallest absolute Gasteiger partial charge is 0.407 e. The van der Waals surface area contributed by atoms with Crippen LogP contribution in [0.15, 0.2) is 18.3 Å². The lowest BCUT2D eigenvalue weighted by atomic mass is 10.2. The molecule has 1 rings (SSSR count). The lowest BCUT2D eigenvalue weighted by Gasteiger charge is -2.22. The number of hydrogen-bond donors (Lipinski definition) is 2. The van der Waals surface area contributed by atoms with E-state index in [9.17, 15) is 4.79 Å². The molecule has 1 amide bonds. The van der Waals surface area contributed by atoms with E-state index >= 15 is 0 Å². The first-order valence-corrected chi connectivity index (χ1v) is 6.58. The van der Waals surface area contributed by atoms with Gasteiger partial charge in [0.05, 0.1) is 0 Å². The van der Waals surface area contributed by atoms with Crippen molar-refractivity contribution in [3.8, 4) is 0 Å². The van der Waals surface area contributed by atoms with E-state index in [1.807, 2.05) is 47.0 Å². The maximum Gasteiger partial charge on any atom is 0.407 e. The Bertz CT molecular complexity index is 407. The third-order valence-corrected chi connectivity index (χ3v) is 2.57. The minimum atomic E-state index is -0.458. The average molecular weight is 267 g/mol. The van der Waals surface area contributed by atoms with Crippen molar-refractivity contribution in [2.45, 2.75) is 45.9 Å². The molecule has 1 heterocycles. The summed E-state index contributed by atoms with van der Waals surface area (Å²) in [4.78, 5) is 11.5. The number of nitrogens with zero attached hydrogens (tertiary/aromatic N) is 1. The number of aromatic nitrogens is 1.